The van der Waals surface area contributed by atoms with Crippen LogP contribution in [0.2, 0.25) is 0 Å². The van der Waals surface area contributed by atoms with Crippen molar-refractivity contribution in [2.24, 2.45) is 0 Å². The van der Waals surface area contributed by atoms with Crippen molar-refractivity contribution in [3.63, 3.8) is 0 Å². The minimum Gasteiger partial charge on any atom is -0.368 e. The first-order chi connectivity index (χ1) is 8.76. The quantitative estimate of drug-likeness (QED) is 0.628. The van der Waals surface area contributed by atoms with Crippen LogP contribution in [0, 0.1) is 0 Å². The summed E-state index contributed by atoms with van der Waals surface area (Å²) in [4.78, 5) is 2.57. The number of hydrogen-bond donors (Lipinski definition) is 0. The van der Waals surface area contributed by atoms with E-state index in [1.807, 2.05) is 0 Å². The molecule has 0 N–H and O–H groups in total. The fraction of sp³-hybridized carbons (Fsp3) is 0.600. The van der Waals surface area contributed by atoms with Gasteiger partial charge in [0, 0.05) is 22.4 Å². The van der Waals surface area contributed by atoms with Gasteiger partial charge < -0.3 is 4.90 Å². The van der Waals surface area contributed by atoms with Gasteiger partial charge in [0.15, 0.2) is 0 Å². The van der Waals surface area contributed by atoms with Gasteiger partial charge in [0.2, 0.25) is 0 Å². The molecule has 1 aliphatic rings. The average Bonchev–Trinajstić information content (AvgIpc) is 2.42. The molecule has 1 aliphatic carbocycles. The van der Waals surface area contributed by atoms with Crippen molar-refractivity contribution >= 4 is 37.5 Å². The Morgan fingerprint density at radius 2 is 1.94 bits per heavy atom. The molecule has 1 saturated carbocycles. The van der Waals surface area contributed by atoms with Crippen LogP contribution < -0.4 is 4.90 Å². The molecule has 18 heavy (non-hydrogen) atoms. The first kappa shape index (κ1) is 14.4. The number of rotatable bonds is 4. The van der Waals surface area contributed by atoms with Gasteiger partial charge in [-0.05, 0) is 53.4 Å². The number of hydrogen-bond acceptors (Lipinski definition) is 1. The van der Waals surface area contributed by atoms with Gasteiger partial charge in [0.05, 0.1) is 5.69 Å². The van der Waals surface area contributed by atoms with Gasteiger partial charge in [-0.25, -0.2) is 0 Å². The van der Waals surface area contributed by atoms with Gasteiger partial charge in [-0.2, -0.15) is 0 Å². The van der Waals surface area contributed by atoms with Crippen molar-refractivity contribution in [2.75, 3.05) is 11.4 Å². The molecule has 0 amide bonds. The van der Waals surface area contributed by atoms with Crippen LogP contribution in [0.5, 0.6) is 0 Å². The van der Waals surface area contributed by atoms with Crippen LogP contribution in [0.1, 0.15) is 44.6 Å². The minimum atomic E-state index is 0.731. The predicted octanol–water partition coefficient (Wildman–Crippen LogP) is 5.50. The summed E-state index contributed by atoms with van der Waals surface area (Å²) in [5, 5.41) is 0.918. The summed E-state index contributed by atoms with van der Waals surface area (Å²) in [5.74, 6) is 0. The summed E-state index contributed by atoms with van der Waals surface area (Å²) < 4.78 is 1.23. The maximum Gasteiger partial charge on any atom is 0.0513 e. The third-order valence-electron chi connectivity index (χ3n) is 3.83. The third-order valence-corrected chi connectivity index (χ3v) is 5.11. The topological polar surface area (TPSA) is 3.24 Å². The lowest BCUT2D eigenvalue weighted by atomic mass is 9.93. The van der Waals surface area contributed by atoms with E-state index in [4.69, 9.17) is 0 Å². The van der Waals surface area contributed by atoms with Crippen LogP contribution in [-0.4, -0.2) is 12.6 Å². The van der Waals surface area contributed by atoms with Crippen molar-refractivity contribution in [1.29, 1.82) is 0 Å². The highest BCUT2D eigenvalue weighted by Gasteiger charge is 2.21. The summed E-state index contributed by atoms with van der Waals surface area (Å²) in [6.45, 7) is 3.36. The van der Waals surface area contributed by atoms with E-state index in [9.17, 15) is 0 Å². The van der Waals surface area contributed by atoms with Gasteiger partial charge in [-0.1, -0.05) is 41.3 Å². The number of anilines is 1. The Balaban J connectivity index is 2.20. The van der Waals surface area contributed by atoms with Gasteiger partial charge >= 0.3 is 0 Å². The van der Waals surface area contributed by atoms with Crippen LogP contribution in [0.3, 0.4) is 0 Å². The highest BCUT2D eigenvalue weighted by atomic mass is 79.9. The molecule has 1 nitrogen and oxygen atoms in total. The van der Waals surface area contributed by atoms with Crippen LogP contribution in [-0.2, 0) is 5.33 Å². The largest absolute Gasteiger partial charge is 0.368 e. The highest BCUT2D eigenvalue weighted by molar-refractivity contribution is 9.10. The lowest BCUT2D eigenvalue weighted by molar-refractivity contribution is 0.418. The summed E-state index contributed by atoms with van der Waals surface area (Å²) in [6, 6.07) is 7.45. The van der Waals surface area contributed by atoms with Gasteiger partial charge in [-0.3, -0.25) is 0 Å². The number of alkyl halides is 1. The van der Waals surface area contributed by atoms with E-state index in [-0.39, 0.29) is 0 Å². The molecule has 1 aromatic carbocycles. The fourth-order valence-corrected chi connectivity index (χ4v) is 3.89. The van der Waals surface area contributed by atoms with E-state index in [0.29, 0.717) is 0 Å². The Kier molecular flexibility index (Phi) is 5.56. The van der Waals surface area contributed by atoms with Crippen LogP contribution in [0.4, 0.5) is 5.69 Å². The normalized spacial score (nSPS) is 16.8. The molecule has 0 radical (unpaired) electrons. The number of halogens is 2. The van der Waals surface area contributed by atoms with E-state index >= 15 is 0 Å². The smallest absolute Gasteiger partial charge is 0.0513 e. The lowest BCUT2D eigenvalue weighted by Gasteiger charge is -2.36. The van der Waals surface area contributed by atoms with Crippen molar-refractivity contribution in [3.05, 3.63) is 28.2 Å². The van der Waals surface area contributed by atoms with E-state index in [0.717, 1.165) is 17.9 Å². The lowest BCUT2D eigenvalue weighted by Crippen LogP contribution is -2.36. The van der Waals surface area contributed by atoms with Crippen LogP contribution in [0.25, 0.3) is 0 Å². The predicted molar refractivity (Wildman–Crippen MR) is 86.7 cm³/mol. The molecule has 0 aliphatic heterocycles. The standard InChI is InChI=1S/C15H21Br2N/c1-2-18(13-6-4-3-5-7-13)15-9-8-12(11-16)10-14(15)17/h8-10,13H,2-7,11H2,1H3. The molecule has 1 aromatic rings. The zero-order valence-electron chi connectivity index (χ0n) is 11.0. The Hall–Kier alpha value is -0.0200. The number of benzene rings is 1. The van der Waals surface area contributed by atoms with Crippen LogP contribution in [0.15, 0.2) is 22.7 Å². The summed E-state index contributed by atoms with van der Waals surface area (Å²) >= 11 is 7.25. The summed E-state index contributed by atoms with van der Waals surface area (Å²) in [5.41, 5.74) is 2.68. The molecule has 100 valence electrons. The highest BCUT2D eigenvalue weighted by Crippen LogP contribution is 2.33. The van der Waals surface area contributed by atoms with Gasteiger partial charge in [-0.15, -0.1) is 0 Å². The molecule has 2 rings (SSSR count). The van der Waals surface area contributed by atoms with Crippen molar-refractivity contribution in [3.8, 4) is 0 Å². The van der Waals surface area contributed by atoms with Crippen molar-refractivity contribution in [2.45, 2.75) is 50.4 Å². The van der Waals surface area contributed by atoms with E-state index in [1.165, 1.54) is 47.8 Å². The number of nitrogens with zero attached hydrogens (tertiary/aromatic N) is 1. The van der Waals surface area contributed by atoms with E-state index in [1.54, 1.807) is 0 Å². The zero-order chi connectivity index (χ0) is 13.0. The Bertz CT molecular complexity index is 386. The molecule has 0 unspecified atom stereocenters. The monoisotopic (exact) mass is 373 g/mol. The van der Waals surface area contributed by atoms with Gasteiger partial charge in [0.25, 0.3) is 0 Å². The molecule has 0 spiro atoms. The molecule has 0 bridgehead atoms. The molecule has 0 heterocycles. The Labute approximate surface area is 127 Å². The average molecular weight is 375 g/mol. The first-order valence-corrected chi connectivity index (χ1v) is 8.78. The summed E-state index contributed by atoms with van der Waals surface area (Å²) in [7, 11) is 0. The second-order valence-electron chi connectivity index (χ2n) is 5.00. The zero-order valence-corrected chi connectivity index (χ0v) is 14.1. The maximum absolute atomic E-state index is 3.73. The van der Waals surface area contributed by atoms with Gasteiger partial charge in [0.1, 0.15) is 0 Å². The Morgan fingerprint density at radius 1 is 1.22 bits per heavy atom. The first-order valence-electron chi connectivity index (χ1n) is 6.87. The van der Waals surface area contributed by atoms with E-state index in [2.05, 4.69) is 61.9 Å². The molecule has 1 fully saturated rings. The maximum atomic E-state index is 3.73. The Morgan fingerprint density at radius 3 is 2.50 bits per heavy atom. The van der Waals surface area contributed by atoms with Crippen molar-refractivity contribution in [1.82, 2.24) is 0 Å². The SMILES string of the molecule is CCN(c1ccc(CBr)cc1Br)C1CCCCC1. The molecular weight excluding hydrogens is 354 g/mol. The second-order valence-corrected chi connectivity index (χ2v) is 6.41. The molecule has 3 heteroatoms. The fourth-order valence-electron chi connectivity index (χ4n) is 2.88. The van der Waals surface area contributed by atoms with Crippen molar-refractivity contribution < 1.29 is 0 Å². The minimum absolute atomic E-state index is 0.731. The molecular formula is C15H21Br2N. The molecule has 0 aromatic heterocycles. The second kappa shape index (κ2) is 6.95. The van der Waals surface area contributed by atoms with Crippen LogP contribution >= 0.6 is 31.9 Å². The molecule has 0 saturated heterocycles. The third kappa shape index (κ3) is 3.30. The molecule has 0 atom stereocenters. The van der Waals surface area contributed by atoms with E-state index < -0.39 is 0 Å². The summed E-state index contributed by atoms with van der Waals surface area (Å²) in [6.07, 6.45) is 6.88.